The minimum absolute atomic E-state index is 0.0237. The van der Waals surface area contributed by atoms with Gasteiger partial charge in [0.25, 0.3) is 5.91 Å². The fraction of sp³-hybridized carbons (Fsp3) is 0.161. The number of ether oxygens (including phenoxy) is 1. The molecule has 6 N–H and O–H groups in total. The molecule has 0 bridgehead atoms. The van der Waals surface area contributed by atoms with Gasteiger partial charge in [-0.1, -0.05) is 44.2 Å². The molecule has 0 aliphatic rings. The summed E-state index contributed by atoms with van der Waals surface area (Å²) < 4.78 is 5.86. The number of H-pyrrole nitrogens is 1. The van der Waals surface area contributed by atoms with Crippen molar-refractivity contribution in [3.05, 3.63) is 103 Å². The van der Waals surface area contributed by atoms with E-state index in [9.17, 15) is 9.59 Å². The first-order valence-electron chi connectivity index (χ1n) is 13.2. The standard InChI is InChI=1S/C31H31N7O3/c1-19(2)27(32)31(40)37-23-10-8-22(9-11-23)36-30(39)26-16-25-28(33-18-34-29(25)38-26)35-21-12-14-24(15-13-21)41-17-20-6-4-3-5-7-20/h3-16,18-19,27H,17,32H2,1-2H3,(H,36,39)(H,37,40)(H2,33,34,35,38). The van der Waals surface area contributed by atoms with Crippen LogP contribution in [0.1, 0.15) is 29.9 Å². The van der Waals surface area contributed by atoms with Crippen LogP contribution >= 0.6 is 0 Å². The summed E-state index contributed by atoms with van der Waals surface area (Å²) >= 11 is 0. The van der Waals surface area contributed by atoms with Crippen molar-refractivity contribution in [3.8, 4) is 5.75 Å². The van der Waals surface area contributed by atoms with E-state index in [1.165, 1.54) is 6.33 Å². The number of amides is 2. The number of carbonyl (C=O) groups is 2. The summed E-state index contributed by atoms with van der Waals surface area (Å²) in [7, 11) is 0. The van der Waals surface area contributed by atoms with Gasteiger partial charge in [0.1, 0.15) is 35.8 Å². The second-order valence-corrected chi connectivity index (χ2v) is 9.88. The zero-order chi connectivity index (χ0) is 28.8. The first-order valence-corrected chi connectivity index (χ1v) is 13.2. The van der Waals surface area contributed by atoms with Gasteiger partial charge in [-0.25, -0.2) is 9.97 Å². The lowest BCUT2D eigenvalue weighted by Crippen LogP contribution is -2.39. The predicted octanol–water partition coefficient (Wildman–Crippen LogP) is 5.45. The Balaban J connectivity index is 1.22. The van der Waals surface area contributed by atoms with Crippen LogP contribution in [0.4, 0.5) is 22.9 Å². The van der Waals surface area contributed by atoms with Gasteiger partial charge in [0.15, 0.2) is 0 Å². The molecule has 0 spiro atoms. The molecule has 0 aliphatic carbocycles. The molecule has 0 aliphatic heterocycles. The molecule has 5 aromatic rings. The first kappa shape index (κ1) is 27.4. The van der Waals surface area contributed by atoms with Crippen molar-refractivity contribution >= 4 is 45.7 Å². The van der Waals surface area contributed by atoms with E-state index in [-0.39, 0.29) is 17.7 Å². The van der Waals surface area contributed by atoms with Gasteiger partial charge in [0.05, 0.1) is 11.4 Å². The third-order valence-electron chi connectivity index (χ3n) is 6.47. The number of nitrogens with one attached hydrogen (secondary N) is 4. The third-order valence-corrected chi connectivity index (χ3v) is 6.47. The Bertz CT molecular complexity index is 1630. The number of nitrogens with two attached hydrogens (primary N) is 1. The molecule has 208 valence electrons. The monoisotopic (exact) mass is 549 g/mol. The molecule has 3 aromatic carbocycles. The molecular formula is C31H31N7O3. The number of rotatable bonds is 10. The number of carbonyl (C=O) groups excluding carboxylic acids is 2. The number of benzene rings is 3. The predicted molar refractivity (Wildman–Crippen MR) is 160 cm³/mol. The van der Waals surface area contributed by atoms with Crippen molar-refractivity contribution in [2.45, 2.75) is 26.5 Å². The minimum atomic E-state index is -0.600. The van der Waals surface area contributed by atoms with E-state index >= 15 is 0 Å². The smallest absolute Gasteiger partial charge is 0.272 e. The fourth-order valence-corrected chi connectivity index (χ4v) is 4.04. The third kappa shape index (κ3) is 6.87. The Morgan fingerprint density at radius 2 is 1.54 bits per heavy atom. The quantitative estimate of drug-likeness (QED) is 0.156. The Labute approximate surface area is 237 Å². The Morgan fingerprint density at radius 3 is 2.22 bits per heavy atom. The molecular weight excluding hydrogens is 518 g/mol. The van der Waals surface area contributed by atoms with Crippen molar-refractivity contribution in [2.75, 3.05) is 16.0 Å². The van der Waals surface area contributed by atoms with Crippen molar-refractivity contribution in [1.29, 1.82) is 0 Å². The van der Waals surface area contributed by atoms with Gasteiger partial charge in [-0.3, -0.25) is 9.59 Å². The zero-order valence-corrected chi connectivity index (χ0v) is 22.7. The van der Waals surface area contributed by atoms with Crippen LogP contribution in [-0.4, -0.2) is 32.8 Å². The minimum Gasteiger partial charge on any atom is -0.489 e. The lowest BCUT2D eigenvalue weighted by atomic mass is 10.0. The van der Waals surface area contributed by atoms with E-state index < -0.39 is 6.04 Å². The topological polar surface area (TPSA) is 147 Å². The van der Waals surface area contributed by atoms with E-state index in [0.29, 0.717) is 40.5 Å². The largest absolute Gasteiger partial charge is 0.489 e. The average molecular weight is 550 g/mol. The highest BCUT2D eigenvalue weighted by Crippen LogP contribution is 2.26. The highest BCUT2D eigenvalue weighted by Gasteiger charge is 2.17. The van der Waals surface area contributed by atoms with E-state index in [2.05, 4.69) is 30.9 Å². The fourth-order valence-electron chi connectivity index (χ4n) is 4.04. The highest BCUT2D eigenvalue weighted by molar-refractivity contribution is 6.07. The van der Waals surface area contributed by atoms with E-state index in [1.54, 1.807) is 30.3 Å². The highest BCUT2D eigenvalue weighted by atomic mass is 16.5. The number of aromatic nitrogens is 3. The summed E-state index contributed by atoms with van der Waals surface area (Å²) in [5.74, 6) is 0.737. The van der Waals surface area contributed by atoms with Crippen molar-refractivity contribution in [2.24, 2.45) is 11.7 Å². The van der Waals surface area contributed by atoms with Gasteiger partial charge in [-0.15, -0.1) is 0 Å². The summed E-state index contributed by atoms with van der Waals surface area (Å²) in [6.45, 7) is 4.26. The second kappa shape index (κ2) is 12.3. The van der Waals surface area contributed by atoms with Gasteiger partial charge >= 0.3 is 0 Å². The first-order chi connectivity index (χ1) is 19.9. The van der Waals surface area contributed by atoms with Gasteiger partial charge in [0.2, 0.25) is 5.91 Å². The summed E-state index contributed by atoms with van der Waals surface area (Å²) in [5.41, 5.74) is 9.82. The molecule has 0 saturated carbocycles. The van der Waals surface area contributed by atoms with E-state index in [0.717, 1.165) is 17.0 Å². The molecule has 0 saturated heterocycles. The zero-order valence-electron chi connectivity index (χ0n) is 22.7. The number of aromatic amines is 1. The van der Waals surface area contributed by atoms with Crippen LogP contribution in [0, 0.1) is 5.92 Å². The van der Waals surface area contributed by atoms with Crippen molar-refractivity contribution < 1.29 is 14.3 Å². The van der Waals surface area contributed by atoms with Crippen LogP contribution in [0.5, 0.6) is 5.75 Å². The molecule has 0 fully saturated rings. The van der Waals surface area contributed by atoms with Crippen LogP contribution in [0.3, 0.4) is 0 Å². The van der Waals surface area contributed by atoms with Gasteiger partial charge in [0, 0.05) is 17.1 Å². The van der Waals surface area contributed by atoms with Gasteiger partial charge in [-0.05, 0) is 66.1 Å². The number of hydrogen-bond donors (Lipinski definition) is 5. The lowest BCUT2D eigenvalue weighted by molar-refractivity contribution is -0.118. The number of fused-ring (bicyclic) bond motifs is 1. The van der Waals surface area contributed by atoms with E-state index in [4.69, 9.17) is 10.5 Å². The Morgan fingerprint density at radius 1 is 0.878 bits per heavy atom. The second-order valence-electron chi connectivity index (χ2n) is 9.88. The summed E-state index contributed by atoms with van der Waals surface area (Å²) in [6.07, 6.45) is 1.43. The van der Waals surface area contributed by atoms with Crippen LogP contribution in [0.15, 0.2) is 91.3 Å². The number of hydrogen-bond acceptors (Lipinski definition) is 7. The molecule has 1 unspecified atom stereocenters. The van der Waals surface area contributed by atoms with Crippen molar-refractivity contribution in [1.82, 2.24) is 15.0 Å². The maximum absolute atomic E-state index is 13.0. The molecule has 10 heteroatoms. The summed E-state index contributed by atoms with van der Waals surface area (Å²) in [4.78, 5) is 36.8. The molecule has 5 rings (SSSR count). The number of nitrogens with zero attached hydrogens (tertiary/aromatic N) is 2. The van der Waals surface area contributed by atoms with Crippen LogP contribution in [0.2, 0.25) is 0 Å². The van der Waals surface area contributed by atoms with Crippen LogP contribution < -0.4 is 26.4 Å². The van der Waals surface area contributed by atoms with Gasteiger partial charge < -0.3 is 31.4 Å². The van der Waals surface area contributed by atoms with Crippen molar-refractivity contribution in [3.63, 3.8) is 0 Å². The molecule has 2 aromatic heterocycles. The SMILES string of the molecule is CC(C)C(N)C(=O)Nc1ccc(NC(=O)c2cc3c(Nc4ccc(OCc5ccccc5)cc4)ncnc3[nH]2)cc1. The molecule has 2 amide bonds. The Kier molecular flexibility index (Phi) is 8.21. The van der Waals surface area contributed by atoms with Gasteiger partial charge in [-0.2, -0.15) is 0 Å². The summed E-state index contributed by atoms with van der Waals surface area (Å²) in [6, 6.07) is 25.5. The van der Waals surface area contributed by atoms with Crippen LogP contribution in [0.25, 0.3) is 11.0 Å². The Hall–Kier alpha value is -5.22. The maximum Gasteiger partial charge on any atom is 0.272 e. The average Bonchev–Trinajstić information content (AvgIpc) is 3.44. The van der Waals surface area contributed by atoms with E-state index in [1.807, 2.05) is 68.4 Å². The number of anilines is 4. The maximum atomic E-state index is 13.0. The molecule has 0 radical (unpaired) electrons. The lowest BCUT2D eigenvalue weighted by Gasteiger charge is -2.15. The molecule has 41 heavy (non-hydrogen) atoms. The normalized spacial score (nSPS) is 11.7. The molecule has 10 nitrogen and oxygen atoms in total. The summed E-state index contributed by atoms with van der Waals surface area (Å²) in [5, 5.41) is 9.59. The molecule has 2 heterocycles. The molecule has 1 atom stereocenters. The van der Waals surface area contributed by atoms with Crippen LogP contribution in [-0.2, 0) is 11.4 Å².